The summed E-state index contributed by atoms with van der Waals surface area (Å²) in [5, 5.41) is 15.5. The summed E-state index contributed by atoms with van der Waals surface area (Å²) in [7, 11) is 0. The third-order valence-electron chi connectivity index (χ3n) is 2.38. The topological polar surface area (TPSA) is 88.0 Å². The molecule has 0 fully saturated rings. The van der Waals surface area contributed by atoms with Crippen molar-refractivity contribution in [2.75, 3.05) is 5.75 Å². The predicted octanol–water partition coefficient (Wildman–Crippen LogP) is 1.70. The summed E-state index contributed by atoms with van der Waals surface area (Å²) >= 11 is 7.05. The Balaban J connectivity index is 2.53. The molecule has 0 saturated heterocycles. The second-order valence-corrected chi connectivity index (χ2v) is 5.08. The molecule has 8 heteroatoms. The molecule has 0 aliphatic rings. The minimum atomic E-state index is -0.983. The van der Waals surface area contributed by atoms with Gasteiger partial charge >= 0.3 is 11.7 Å². The van der Waals surface area contributed by atoms with Crippen molar-refractivity contribution < 1.29 is 9.90 Å². The van der Waals surface area contributed by atoms with Crippen molar-refractivity contribution in [2.24, 2.45) is 0 Å². The van der Waals surface area contributed by atoms with Crippen LogP contribution in [0.2, 0.25) is 5.02 Å². The zero-order chi connectivity index (χ0) is 14.0. The van der Waals surface area contributed by atoms with Crippen molar-refractivity contribution in [3.05, 3.63) is 39.3 Å². The molecule has 1 aromatic carbocycles. The molecule has 0 aliphatic carbocycles. The fraction of sp³-hybridized carbons (Fsp3) is 0.182. The Bertz CT molecular complexity index is 660. The number of nitrogens with one attached hydrogen (secondary N) is 1. The van der Waals surface area contributed by atoms with Gasteiger partial charge in [0.1, 0.15) is 0 Å². The minimum Gasteiger partial charge on any atom is -0.481 e. The number of aromatic amines is 1. The molecule has 0 spiro atoms. The summed E-state index contributed by atoms with van der Waals surface area (Å²) in [6, 6.07) is 5.25. The molecule has 0 bridgehead atoms. The van der Waals surface area contributed by atoms with Crippen LogP contribution in [-0.2, 0) is 4.79 Å². The number of aromatic nitrogens is 3. The number of carbonyl (C=O) groups is 1. The standard InChI is InChI=1S/C11H10ClN3O3S/c1-6-3-2-4-7(12)9(6)15-10(18)13-14-11(15)19-5-8(16)17/h2-4H,5H2,1H3,(H,13,18)(H,16,17). The van der Waals surface area contributed by atoms with Gasteiger partial charge in [-0.1, -0.05) is 35.5 Å². The van der Waals surface area contributed by atoms with Gasteiger partial charge in [-0.3, -0.25) is 4.79 Å². The molecule has 2 aromatic rings. The molecule has 0 radical (unpaired) electrons. The first-order valence-corrected chi connectivity index (χ1v) is 6.64. The lowest BCUT2D eigenvalue weighted by Gasteiger charge is -2.09. The van der Waals surface area contributed by atoms with Gasteiger partial charge in [-0.25, -0.2) is 14.5 Å². The lowest BCUT2D eigenvalue weighted by atomic mass is 10.2. The predicted molar refractivity (Wildman–Crippen MR) is 72.3 cm³/mol. The van der Waals surface area contributed by atoms with E-state index in [1.165, 1.54) is 4.57 Å². The van der Waals surface area contributed by atoms with Gasteiger partial charge in [0, 0.05) is 0 Å². The van der Waals surface area contributed by atoms with Crippen molar-refractivity contribution >= 4 is 29.3 Å². The van der Waals surface area contributed by atoms with E-state index in [0.717, 1.165) is 17.3 Å². The van der Waals surface area contributed by atoms with Crippen LogP contribution < -0.4 is 5.69 Å². The average Bonchev–Trinajstić information content (AvgIpc) is 2.69. The summed E-state index contributed by atoms with van der Waals surface area (Å²) < 4.78 is 1.28. The van der Waals surface area contributed by atoms with Crippen molar-refractivity contribution in [3.63, 3.8) is 0 Å². The Hall–Kier alpha value is -1.73. The summed E-state index contributed by atoms with van der Waals surface area (Å²) in [5.74, 6) is -1.17. The number of thioether (sulfide) groups is 1. The van der Waals surface area contributed by atoms with E-state index in [4.69, 9.17) is 16.7 Å². The van der Waals surface area contributed by atoms with E-state index >= 15 is 0 Å². The van der Waals surface area contributed by atoms with Crippen LogP contribution >= 0.6 is 23.4 Å². The summed E-state index contributed by atoms with van der Waals surface area (Å²) in [5.41, 5.74) is 0.855. The maximum absolute atomic E-state index is 11.8. The third kappa shape index (κ3) is 2.82. The molecule has 0 atom stereocenters. The van der Waals surface area contributed by atoms with Crippen LogP contribution in [0, 0.1) is 6.92 Å². The quantitative estimate of drug-likeness (QED) is 0.839. The number of nitrogens with zero attached hydrogens (tertiary/aromatic N) is 2. The number of rotatable bonds is 4. The number of H-pyrrole nitrogens is 1. The van der Waals surface area contributed by atoms with Crippen molar-refractivity contribution in [1.29, 1.82) is 0 Å². The van der Waals surface area contributed by atoms with E-state index in [-0.39, 0.29) is 10.9 Å². The van der Waals surface area contributed by atoms with E-state index in [1.807, 2.05) is 13.0 Å². The number of carboxylic acids is 1. The molecule has 6 nitrogen and oxygen atoms in total. The Morgan fingerprint density at radius 1 is 1.58 bits per heavy atom. The van der Waals surface area contributed by atoms with Gasteiger partial charge in [0.05, 0.1) is 16.5 Å². The zero-order valence-corrected chi connectivity index (χ0v) is 11.5. The van der Waals surface area contributed by atoms with E-state index in [0.29, 0.717) is 10.7 Å². The van der Waals surface area contributed by atoms with E-state index in [9.17, 15) is 9.59 Å². The first kappa shape index (κ1) is 13.7. The fourth-order valence-electron chi connectivity index (χ4n) is 1.61. The maximum Gasteiger partial charge on any atom is 0.348 e. The van der Waals surface area contributed by atoms with Crippen LogP contribution in [0.3, 0.4) is 0 Å². The van der Waals surface area contributed by atoms with Gasteiger partial charge in [-0.2, -0.15) is 0 Å². The molecule has 1 aromatic heterocycles. The van der Waals surface area contributed by atoms with Gasteiger partial charge in [0.15, 0.2) is 5.16 Å². The molecule has 0 saturated carbocycles. The fourth-order valence-corrected chi connectivity index (χ4v) is 2.58. The highest BCUT2D eigenvalue weighted by Crippen LogP contribution is 2.26. The Kier molecular flexibility index (Phi) is 3.96. The van der Waals surface area contributed by atoms with Crippen LogP contribution in [0.15, 0.2) is 28.2 Å². The van der Waals surface area contributed by atoms with Crippen molar-refractivity contribution in [2.45, 2.75) is 12.1 Å². The lowest BCUT2D eigenvalue weighted by Crippen LogP contribution is -2.17. The number of hydrogen-bond donors (Lipinski definition) is 2. The number of aryl methyl sites for hydroxylation is 1. The van der Waals surface area contributed by atoms with E-state index in [2.05, 4.69) is 10.2 Å². The van der Waals surface area contributed by atoms with Crippen LogP contribution in [0.5, 0.6) is 0 Å². The smallest absolute Gasteiger partial charge is 0.348 e. The molecule has 19 heavy (non-hydrogen) atoms. The molecule has 0 amide bonds. The molecule has 0 unspecified atom stereocenters. The number of carboxylic acid groups (broad SMARTS) is 1. The van der Waals surface area contributed by atoms with Gasteiger partial charge in [0.2, 0.25) is 0 Å². The normalized spacial score (nSPS) is 10.6. The van der Waals surface area contributed by atoms with Crippen LogP contribution in [0.1, 0.15) is 5.56 Å². The van der Waals surface area contributed by atoms with Crippen molar-refractivity contribution in [3.8, 4) is 5.69 Å². The molecular weight excluding hydrogens is 290 g/mol. The minimum absolute atomic E-state index is 0.187. The maximum atomic E-state index is 11.8. The number of hydrogen-bond acceptors (Lipinski definition) is 4. The van der Waals surface area contributed by atoms with Gasteiger partial charge in [-0.15, -0.1) is 5.10 Å². The van der Waals surface area contributed by atoms with Crippen molar-refractivity contribution in [1.82, 2.24) is 14.8 Å². The number of para-hydroxylation sites is 1. The van der Waals surface area contributed by atoms with Crippen LogP contribution in [0.4, 0.5) is 0 Å². The SMILES string of the molecule is Cc1cccc(Cl)c1-n1c(SCC(=O)O)n[nH]c1=O. The third-order valence-corrected chi connectivity index (χ3v) is 3.61. The van der Waals surface area contributed by atoms with Gasteiger partial charge < -0.3 is 5.11 Å². The zero-order valence-electron chi connectivity index (χ0n) is 9.88. The molecule has 0 aliphatic heterocycles. The Morgan fingerprint density at radius 2 is 2.32 bits per heavy atom. The highest BCUT2D eigenvalue weighted by Gasteiger charge is 2.16. The average molecular weight is 300 g/mol. The van der Waals surface area contributed by atoms with Crippen LogP contribution in [0.25, 0.3) is 5.69 Å². The largest absolute Gasteiger partial charge is 0.481 e. The first-order valence-electron chi connectivity index (χ1n) is 5.28. The summed E-state index contributed by atoms with van der Waals surface area (Å²) in [4.78, 5) is 22.4. The second-order valence-electron chi connectivity index (χ2n) is 3.73. The van der Waals surface area contributed by atoms with Gasteiger partial charge in [0.25, 0.3) is 0 Å². The summed E-state index contributed by atoms with van der Waals surface area (Å²) in [6.07, 6.45) is 0. The summed E-state index contributed by atoms with van der Waals surface area (Å²) in [6.45, 7) is 1.81. The number of halogens is 1. The highest BCUT2D eigenvalue weighted by molar-refractivity contribution is 7.99. The van der Waals surface area contributed by atoms with E-state index in [1.54, 1.807) is 12.1 Å². The lowest BCUT2D eigenvalue weighted by molar-refractivity contribution is -0.133. The highest BCUT2D eigenvalue weighted by atomic mass is 35.5. The molecule has 100 valence electrons. The first-order chi connectivity index (χ1) is 9.00. The number of benzene rings is 1. The number of aliphatic carboxylic acids is 1. The Morgan fingerprint density at radius 3 is 2.95 bits per heavy atom. The molecule has 1 heterocycles. The second kappa shape index (κ2) is 5.50. The van der Waals surface area contributed by atoms with Crippen LogP contribution in [-0.4, -0.2) is 31.6 Å². The van der Waals surface area contributed by atoms with Gasteiger partial charge in [-0.05, 0) is 18.6 Å². The molecular formula is C11H10ClN3O3S. The molecule has 2 rings (SSSR count). The Labute approximate surface area is 117 Å². The molecule has 2 N–H and O–H groups in total. The van der Waals surface area contributed by atoms with E-state index < -0.39 is 11.7 Å². The monoisotopic (exact) mass is 299 g/mol.